The molecule has 4 aromatic rings. The highest BCUT2D eigenvalue weighted by molar-refractivity contribution is 6.15. The lowest BCUT2D eigenvalue weighted by molar-refractivity contribution is -0.135. The molecule has 1 atom stereocenters. The van der Waals surface area contributed by atoms with Crippen LogP contribution in [0.25, 0.3) is 17.0 Å². The number of pyridine rings is 1. The molecule has 0 saturated heterocycles. The summed E-state index contributed by atoms with van der Waals surface area (Å²) in [7, 11) is 6.24. The third-order valence-corrected chi connectivity index (χ3v) is 7.34. The van der Waals surface area contributed by atoms with Crippen LogP contribution in [0.1, 0.15) is 39.4 Å². The van der Waals surface area contributed by atoms with Crippen LogP contribution in [0, 0.1) is 0 Å². The number of fused-ring (bicyclic) bond motifs is 4. The molecule has 3 aromatic carbocycles. The topological polar surface area (TPSA) is 102 Å². The van der Waals surface area contributed by atoms with Gasteiger partial charge in [0.05, 0.1) is 38.8 Å². The lowest BCUT2D eigenvalue weighted by atomic mass is 9.84. The molecule has 0 unspecified atom stereocenters. The zero-order valence-corrected chi connectivity index (χ0v) is 22.3. The lowest BCUT2D eigenvalue weighted by Crippen LogP contribution is -2.29. The number of aryl methyl sites for hydroxylation is 1. The SMILES string of the molecule is COc1cc(OC)c(OC)cc1/C=C1\Oc2c(ccc3c2[C@@H](c2cc4ccccc4n(C)c2=O)CC(=O)O3)C1=O. The third-order valence-electron chi connectivity index (χ3n) is 7.34. The van der Waals surface area contributed by atoms with Gasteiger partial charge in [0.2, 0.25) is 5.78 Å². The number of methoxy groups -OCH3 is 3. The fourth-order valence-electron chi connectivity index (χ4n) is 5.38. The van der Waals surface area contributed by atoms with Crippen LogP contribution >= 0.6 is 0 Å². The van der Waals surface area contributed by atoms with Crippen LogP contribution in [-0.4, -0.2) is 37.6 Å². The first-order chi connectivity index (χ1) is 19.3. The smallest absolute Gasteiger partial charge is 0.312 e. The number of Topliss-reactive ketones (excluding diaryl/α,β-unsaturated/α-hetero) is 1. The molecule has 0 spiro atoms. The second-order valence-electron chi connectivity index (χ2n) is 9.50. The number of aromatic nitrogens is 1. The first kappa shape index (κ1) is 25.2. The van der Waals surface area contributed by atoms with Gasteiger partial charge in [-0.25, -0.2) is 0 Å². The molecule has 3 heterocycles. The number of hydrogen-bond acceptors (Lipinski definition) is 8. The molecule has 0 radical (unpaired) electrons. The van der Waals surface area contributed by atoms with Gasteiger partial charge in [-0.05, 0) is 41.8 Å². The van der Waals surface area contributed by atoms with Crippen molar-refractivity contribution in [2.45, 2.75) is 12.3 Å². The summed E-state index contributed by atoms with van der Waals surface area (Å²) in [6, 6.07) is 15.8. The minimum absolute atomic E-state index is 0.0518. The Morgan fingerprint density at radius 3 is 2.35 bits per heavy atom. The fourth-order valence-corrected chi connectivity index (χ4v) is 5.38. The quantitative estimate of drug-likeness (QED) is 0.206. The van der Waals surface area contributed by atoms with Crippen LogP contribution in [-0.2, 0) is 11.8 Å². The van der Waals surface area contributed by atoms with E-state index >= 15 is 0 Å². The molecule has 2 aliphatic rings. The minimum atomic E-state index is -0.669. The predicted octanol–water partition coefficient (Wildman–Crippen LogP) is 4.62. The standard InChI is InChI=1S/C31H25NO8/c1-32-21-8-6-5-7-16(21)11-20(31(32)35)19-14-27(33)39-22-10-9-18-29(34)26(40-30(18)28(19)22)13-17-12-24(37-3)25(38-4)15-23(17)36-2/h5-13,15,19H,14H2,1-4H3/b26-13-/t19-/m1/s1. The summed E-state index contributed by atoms with van der Waals surface area (Å²) in [6.07, 6.45) is 1.49. The van der Waals surface area contributed by atoms with Gasteiger partial charge in [-0.15, -0.1) is 0 Å². The van der Waals surface area contributed by atoms with Gasteiger partial charge >= 0.3 is 5.97 Å². The highest BCUT2D eigenvalue weighted by atomic mass is 16.5. The number of ether oxygens (including phenoxy) is 5. The number of esters is 1. The second kappa shape index (κ2) is 9.60. The monoisotopic (exact) mass is 539 g/mol. The summed E-state index contributed by atoms with van der Waals surface area (Å²) < 4.78 is 29.6. The van der Waals surface area contributed by atoms with Crippen molar-refractivity contribution in [3.8, 4) is 28.7 Å². The Hall–Kier alpha value is -5.05. The van der Waals surface area contributed by atoms with Crippen LogP contribution in [0.2, 0.25) is 0 Å². The van der Waals surface area contributed by atoms with Crippen LogP contribution < -0.4 is 29.2 Å². The minimum Gasteiger partial charge on any atom is -0.496 e. The van der Waals surface area contributed by atoms with E-state index < -0.39 is 11.9 Å². The first-order valence-corrected chi connectivity index (χ1v) is 12.5. The van der Waals surface area contributed by atoms with Crippen LogP contribution in [0.5, 0.6) is 28.7 Å². The molecular formula is C31H25NO8. The van der Waals surface area contributed by atoms with E-state index in [0.29, 0.717) is 39.5 Å². The Balaban J connectivity index is 1.50. The summed E-state index contributed by atoms with van der Waals surface area (Å²) in [5, 5.41) is 0.853. The Bertz CT molecular complexity index is 1820. The van der Waals surface area contributed by atoms with Gasteiger partial charge in [-0.3, -0.25) is 14.4 Å². The number of para-hydroxylation sites is 1. The molecule has 0 N–H and O–H groups in total. The Morgan fingerprint density at radius 2 is 1.60 bits per heavy atom. The molecule has 40 heavy (non-hydrogen) atoms. The molecule has 1 aromatic heterocycles. The highest BCUT2D eigenvalue weighted by Gasteiger charge is 2.39. The maximum atomic E-state index is 13.5. The molecule has 9 heteroatoms. The maximum absolute atomic E-state index is 13.5. The van der Waals surface area contributed by atoms with Crippen molar-refractivity contribution >= 4 is 28.7 Å². The zero-order valence-electron chi connectivity index (χ0n) is 22.3. The third kappa shape index (κ3) is 3.89. The van der Waals surface area contributed by atoms with Crippen molar-refractivity contribution in [1.82, 2.24) is 4.57 Å². The second-order valence-corrected chi connectivity index (χ2v) is 9.50. The Morgan fingerprint density at radius 1 is 0.875 bits per heavy atom. The first-order valence-electron chi connectivity index (χ1n) is 12.5. The molecule has 9 nitrogen and oxygen atoms in total. The van der Waals surface area contributed by atoms with Gasteiger partial charge in [0.1, 0.15) is 17.2 Å². The molecule has 202 valence electrons. The van der Waals surface area contributed by atoms with Crippen LogP contribution in [0.15, 0.2) is 65.2 Å². The summed E-state index contributed by atoms with van der Waals surface area (Å²) in [5.41, 5.74) is 2.29. The van der Waals surface area contributed by atoms with Crippen molar-refractivity contribution in [2.24, 2.45) is 7.05 Å². The van der Waals surface area contributed by atoms with E-state index in [0.717, 1.165) is 10.9 Å². The van der Waals surface area contributed by atoms with Crippen molar-refractivity contribution < 1.29 is 33.3 Å². The number of hydrogen-bond donors (Lipinski definition) is 0. The van der Waals surface area contributed by atoms with Gasteiger partial charge in [-0.2, -0.15) is 0 Å². The van der Waals surface area contributed by atoms with Crippen molar-refractivity contribution in [1.29, 1.82) is 0 Å². The Labute approximate surface area is 229 Å². The number of nitrogens with zero attached hydrogens (tertiary/aromatic N) is 1. The lowest BCUT2D eigenvalue weighted by Gasteiger charge is -2.26. The molecule has 0 saturated carbocycles. The summed E-state index contributed by atoms with van der Waals surface area (Å²) in [6.45, 7) is 0. The molecule has 6 rings (SSSR count). The van der Waals surface area contributed by atoms with E-state index in [2.05, 4.69) is 0 Å². The average Bonchev–Trinajstić information content (AvgIpc) is 3.28. The number of ketones is 1. The van der Waals surface area contributed by atoms with Crippen LogP contribution in [0.3, 0.4) is 0 Å². The number of benzene rings is 3. The van der Waals surface area contributed by atoms with Crippen molar-refractivity contribution in [3.63, 3.8) is 0 Å². The summed E-state index contributed by atoms with van der Waals surface area (Å²) >= 11 is 0. The normalized spacial score (nSPS) is 16.8. The number of rotatable bonds is 5. The molecule has 0 bridgehead atoms. The zero-order chi connectivity index (χ0) is 28.1. The molecular weight excluding hydrogens is 514 g/mol. The van der Waals surface area contributed by atoms with Gasteiger partial charge in [-0.1, -0.05) is 18.2 Å². The summed E-state index contributed by atoms with van der Waals surface area (Å²) in [5.74, 6) is 0.460. The summed E-state index contributed by atoms with van der Waals surface area (Å²) in [4.78, 5) is 39.6. The number of carbonyl (C=O) groups is 2. The molecule has 0 aliphatic carbocycles. The van der Waals surface area contributed by atoms with E-state index in [1.54, 1.807) is 48.0 Å². The van der Waals surface area contributed by atoms with Gasteiger partial charge < -0.3 is 28.3 Å². The fraction of sp³-hybridized carbons (Fsp3) is 0.194. The molecule has 2 aliphatic heterocycles. The maximum Gasteiger partial charge on any atom is 0.312 e. The van der Waals surface area contributed by atoms with Crippen LogP contribution in [0.4, 0.5) is 0 Å². The molecule has 0 amide bonds. The molecule has 0 fully saturated rings. The van der Waals surface area contributed by atoms with E-state index in [1.165, 1.54) is 21.3 Å². The number of allylic oxidation sites excluding steroid dienone is 1. The van der Waals surface area contributed by atoms with Crippen molar-refractivity contribution in [3.05, 3.63) is 93.0 Å². The van der Waals surface area contributed by atoms with E-state index in [9.17, 15) is 14.4 Å². The van der Waals surface area contributed by atoms with E-state index in [4.69, 9.17) is 23.7 Å². The highest BCUT2D eigenvalue weighted by Crippen LogP contribution is 2.49. The Kier molecular flexibility index (Phi) is 6.06. The predicted molar refractivity (Wildman–Crippen MR) is 147 cm³/mol. The average molecular weight is 540 g/mol. The van der Waals surface area contributed by atoms with Crippen molar-refractivity contribution in [2.75, 3.05) is 21.3 Å². The van der Waals surface area contributed by atoms with Gasteiger partial charge in [0.25, 0.3) is 5.56 Å². The largest absolute Gasteiger partial charge is 0.496 e. The number of carbonyl (C=O) groups excluding carboxylic acids is 2. The van der Waals surface area contributed by atoms with Gasteiger partial charge in [0, 0.05) is 35.7 Å². The van der Waals surface area contributed by atoms with E-state index in [-0.39, 0.29) is 35.0 Å². The van der Waals surface area contributed by atoms with Gasteiger partial charge in [0.15, 0.2) is 17.3 Å². The van der Waals surface area contributed by atoms with E-state index in [1.807, 2.05) is 24.3 Å².